The fourth-order valence-electron chi connectivity index (χ4n) is 3.58. The molecule has 35 heavy (non-hydrogen) atoms. The first-order valence-electron chi connectivity index (χ1n) is 9.95. The van der Waals surface area contributed by atoms with Crippen LogP contribution in [0.25, 0.3) is 10.1 Å². The Morgan fingerprint density at radius 1 is 1.00 bits per heavy atom. The average Bonchev–Trinajstić information content (AvgIpc) is 2.82. The summed E-state index contributed by atoms with van der Waals surface area (Å²) in [7, 11) is 0. The third-order valence-electron chi connectivity index (χ3n) is 5.38. The second kappa shape index (κ2) is 8.90. The molecule has 0 spiro atoms. The molecule has 1 saturated heterocycles. The molecule has 1 fully saturated rings. The SMILES string of the molecule is O=C(c1ccc([N+](=O)[O-])cc1)N1CCN(c2nc(=O)c3cc(C(F)(F)F)cc([N+](=O)[O-])c3s2)CC1. The molecule has 2 heterocycles. The van der Waals surface area contributed by atoms with Crippen LogP contribution < -0.4 is 10.5 Å². The van der Waals surface area contributed by atoms with E-state index in [0.717, 1.165) is 11.3 Å². The second-order valence-corrected chi connectivity index (χ2v) is 8.49. The molecule has 15 heteroatoms. The van der Waals surface area contributed by atoms with Gasteiger partial charge in [0.05, 0.1) is 20.8 Å². The van der Waals surface area contributed by atoms with Crippen LogP contribution in [0.15, 0.2) is 41.2 Å². The minimum atomic E-state index is -4.87. The van der Waals surface area contributed by atoms with Crippen LogP contribution >= 0.6 is 11.3 Å². The van der Waals surface area contributed by atoms with Crippen molar-refractivity contribution in [2.75, 3.05) is 31.1 Å². The Hall–Kier alpha value is -4.14. The van der Waals surface area contributed by atoms with Crippen LogP contribution in [0.2, 0.25) is 0 Å². The first-order chi connectivity index (χ1) is 16.5. The van der Waals surface area contributed by atoms with Crippen molar-refractivity contribution in [1.82, 2.24) is 9.88 Å². The lowest BCUT2D eigenvalue weighted by Crippen LogP contribution is -2.49. The van der Waals surface area contributed by atoms with Crippen molar-refractivity contribution in [2.45, 2.75) is 6.18 Å². The summed E-state index contributed by atoms with van der Waals surface area (Å²) in [6.45, 7) is 0.820. The van der Waals surface area contributed by atoms with Crippen molar-refractivity contribution in [3.63, 3.8) is 0 Å². The number of halogens is 3. The topological polar surface area (TPSA) is 140 Å². The molecular formula is C20H14F3N5O6S. The van der Waals surface area contributed by atoms with Gasteiger partial charge in [-0.3, -0.25) is 29.8 Å². The third-order valence-corrected chi connectivity index (χ3v) is 6.54. The number of hydrogen-bond donors (Lipinski definition) is 0. The van der Waals surface area contributed by atoms with Crippen molar-refractivity contribution in [1.29, 1.82) is 0 Å². The van der Waals surface area contributed by atoms with E-state index in [-0.39, 0.29) is 53.2 Å². The molecule has 0 unspecified atom stereocenters. The molecule has 0 atom stereocenters. The van der Waals surface area contributed by atoms with Crippen LogP contribution in [0.5, 0.6) is 0 Å². The van der Waals surface area contributed by atoms with Gasteiger partial charge in [0.1, 0.15) is 4.70 Å². The number of anilines is 1. The molecule has 1 amide bonds. The number of benzene rings is 2. The van der Waals surface area contributed by atoms with E-state index in [1.165, 1.54) is 29.2 Å². The Labute approximate surface area is 197 Å². The molecule has 11 nitrogen and oxygen atoms in total. The molecule has 1 aromatic heterocycles. The molecule has 0 bridgehead atoms. The van der Waals surface area contributed by atoms with Crippen LogP contribution in [-0.2, 0) is 6.18 Å². The summed E-state index contributed by atoms with van der Waals surface area (Å²) in [5.74, 6) is -0.352. The first-order valence-corrected chi connectivity index (χ1v) is 10.8. The number of amides is 1. The molecule has 0 saturated carbocycles. The number of rotatable bonds is 4. The van der Waals surface area contributed by atoms with Gasteiger partial charge in [0.25, 0.3) is 22.8 Å². The fourth-order valence-corrected chi connectivity index (χ4v) is 4.70. The van der Waals surface area contributed by atoms with Crippen LogP contribution in [0.1, 0.15) is 15.9 Å². The normalized spacial score (nSPS) is 14.3. The van der Waals surface area contributed by atoms with Gasteiger partial charge in [-0.15, -0.1) is 0 Å². The molecule has 2 aromatic carbocycles. The second-order valence-electron chi connectivity index (χ2n) is 7.51. The molecular weight excluding hydrogens is 495 g/mol. The standard InChI is InChI=1S/C20H14F3N5O6S/c21-20(22,23)12-9-14-16(15(10-12)28(33)34)35-19(24-17(14)29)26-7-5-25(6-8-26)18(30)11-1-3-13(4-2-11)27(31)32/h1-4,9-10H,5-8H2. The number of carbonyl (C=O) groups is 1. The summed E-state index contributed by atoms with van der Waals surface area (Å²) < 4.78 is 39.2. The Balaban J connectivity index is 1.57. The average molecular weight is 509 g/mol. The van der Waals surface area contributed by atoms with Crippen molar-refractivity contribution < 1.29 is 27.8 Å². The number of aromatic nitrogens is 1. The van der Waals surface area contributed by atoms with Crippen molar-refractivity contribution in [2.24, 2.45) is 0 Å². The number of non-ortho nitro benzene ring substituents is 2. The molecule has 182 valence electrons. The Kier molecular flexibility index (Phi) is 6.10. The molecule has 3 aromatic rings. The Morgan fingerprint density at radius 2 is 1.63 bits per heavy atom. The quantitative estimate of drug-likeness (QED) is 0.385. The van der Waals surface area contributed by atoms with E-state index in [1.54, 1.807) is 4.90 Å². The largest absolute Gasteiger partial charge is 0.416 e. The highest BCUT2D eigenvalue weighted by atomic mass is 32.1. The Bertz CT molecular complexity index is 1400. The van der Waals surface area contributed by atoms with E-state index in [0.29, 0.717) is 12.1 Å². The number of fused-ring (bicyclic) bond motifs is 1. The fraction of sp³-hybridized carbons (Fsp3) is 0.250. The van der Waals surface area contributed by atoms with Gasteiger partial charge in [-0.2, -0.15) is 18.2 Å². The van der Waals surface area contributed by atoms with Crippen molar-refractivity contribution in [3.05, 3.63) is 78.1 Å². The summed E-state index contributed by atoms with van der Waals surface area (Å²) in [5.41, 5.74) is -3.07. The van der Waals surface area contributed by atoms with E-state index in [1.807, 2.05) is 0 Å². The van der Waals surface area contributed by atoms with Gasteiger partial charge >= 0.3 is 6.18 Å². The number of hydrogen-bond acceptors (Lipinski definition) is 9. The molecule has 1 aliphatic heterocycles. The lowest BCUT2D eigenvalue weighted by Gasteiger charge is -2.35. The van der Waals surface area contributed by atoms with E-state index in [4.69, 9.17) is 0 Å². The minimum Gasteiger partial charge on any atom is -0.344 e. The van der Waals surface area contributed by atoms with Gasteiger partial charge in [0, 0.05) is 49.9 Å². The summed E-state index contributed by atoms with van der Waals surface area (Å²) in [6, 6.07) is 6.07. The number of nitrogens with zero attached hydrogens (tertiary/aromatic N) is 5. The maximum Gasteiger partial charge on any atom is 0.416 e. The predicted molar refractivity (Wildman–Crippen MR) is 119 cm³/mol. The van der Waals surface area contributed by atoms with Gasteiger partial charge in [0.15, 0.2) is 5.13 Å². The lowest BCUT2D eigenvalue weighted by molar-refractivity contribution is -0.384. The monoisotopic (exact) mass is 509 g/mol. The van der Waals surface area contributed by atoms with Crippen LogP contribution in [-0.4, -0.2) is 51.8 Å². The molecule has 0 N–H and O–H groups in total. The van der Waals surface area contributed by atoms with E-state index < -0.39 is 38.2 Å². The number of carbonyl (C=O) groups excluding carboxylic acids is 1. The van der Waals surface area contributed by atoms with Crippen LogP contribution in [0.4, 0.5) is 29.7 Å². The van der Waals surface area contributed by atoms with Crippen LogP contribution in [0.3, 0.4) is 0 Å². The smallest absolute Gasteiger partial charge is 0.344 e. The van der Waals surface area contributed by atoms with E-state index in [2.05, 4.69) is 4.98 Å². The predicted octanol–water partition coefficient (Wildman–Crippen LogP) is 3.45. The maximum absolute atomic E-state index is 13.1. The summed E-state index contributed by atoms with van der Waals surface area (Å²) >= 11 is 0.731. The van der Waals surface area contributed by atoms with E-state index >= 15 is 0 Å². The first kappa shape index (κ1) is 24.0. The zero-order valence-corrected chi connectivity index (χ0v) is 18.3. The van der Waals surface area contributed by atoms with E-state index in [9.17, 15) is 43.0 Å². The molecule has 1 aliphatic rings. The zero-order valence-electron chi connectivity index (χ0n) is 17.5. The summed E-state index contributed by atoms with van der Waals surface area (Å²) in [5, 5.41) is 21.8. The van der Waals surface area contributed by atoms with Gasteiger partial charge < -0.3 is 9.80 Å². The summed E-state index contributed by atoms with van der Waals surface area (Å²) in [4.78, 5) is 52.8. The number of alkyl halides is 3. The van der Waals surface area contributed by atoms with Gasteiger partial charge in [-0.1, -0.05) is 11.3 Å². The zero-order chi connectivity index (χ0) is 25.5. The molecule has 0 aliphatic carbocycles. The lowest BCUT2D eigenvalue weighted by atomic mass is 10.1. The maximum atomic E-state index is 13.1. The minimum absolute atomic E-state index is 0.0905. The third kappa shape index (κ3) is 4.75. The van der Waals surface area contributed by atoms with Gasteiger partial charge in [0.2, 0.25) is 0 Å². The number of piperazine rings is 1. The highest BCUT2D eigenvalue weighted by Gasteiger charge is 2.34. The van der Waals surface area contributed by atoms with Gasteiger partial charge in [-0.05, 0) is 18.2 Å². The molecule has 0 radical (unpaired) electrons. The molecule has 4 rings (SSSR count). The van der Waals surface area contributed by atoms with Crippen molar-refractivity contribution >= 4 is 43.8 Å². The van der Waals surface area contributed by atoms with Gasteiger partial charge in [-0.25, -0.2) is 0 Å². The highest BCUT2D eigenvalue weighted by Crippen LogP contribution is 2.38. The number of nitro groups is 2. The summed E-state index contributed by atoms with van der Waals surface area (Å²) in [6.07, 6.45) is -4.87. The number of nitro benzene ring substituents is 2. The highest BCUT2D eigenvalue weighted by molar-refractivity contribution is 7.22. The van der Waals surface area contributed by atoms with Crippen molar-refractivity contribution in [3.8, 4) is 0 Å². The Morgan fingerprint density at radius 3 is 2.17 bits per heavy atom. The van der Waals surface area contributed by atoms with Crippen LogP contribution in [0, 0.1) is 20.2 Å².